The summed E-state index contributed by atoms with van der Waals surface area (Å²) in [6, 6.07) is 4.90. The van der Waals surface area contributed by atoms with Crippen LogP contribution in [0, 0.1) is 6.92 Å². The van der Waals surface area contributed by atoms with Gasteiger partial charge in [-0.1, -0.05) is 22.0 Å². The number of carbonyl (C=O) groups is 1. The molecule has 0 radical (unpaired) electrons. The van der Waals surface area contributed by atoms with Crippen molar-refractivity contribution in [3.63, 3.8) is 0 Å². The topological polar surface area (TPSA) is 20.3 Å². The molecule has 0 fully saturated rings. The lowest BCUT2D eigenvalue weighted by Crippen LogP contribution is -2.40. The Labute approximate surface area is 122 Å². The molecule has 1 aromatic carbocycles. The van der Waals surface area contributed by atoms with Crippen molar-refractivity contribution in [1.29, 1.82) is 0 Å². The van der Waals surface area contributed by atoms with Crippen LogP contribution in [0.3, 0.4) is 0 Å². The summed E-state index contributed by atoms with van der Waals surface area (Å²) in [7, 11) is 0. The van der Waals surface area contributed by atoms with Crippen LogP contribution in [-0.4, -0.2) is 36.0 Å². The van der Waals surface area contributed by atoms with Gasteiger partial charge in [-0.05, 0) is 24.6 Å². The van der Waals surface area contributed by atoms with Gasteiger partial charge in [0.25, 0.3) is 5.91 Å². The Bertz CT molecular complexity index is 465. The maximum Gasteiger partial charge on any atom is 0.406 e. The van der Waals surface area contributed by atoms with Crippen molar-refractivity contribution in [2.24, 2.45) is 0 Å². The fourth-order valence-corrected chi connectivity index (χ4v) is 2.13. The quantitative estimate of drug-likeness (QED) is 0.745. The van der Waals surface area contributed by atoms with Crippen LogP contribution in [0.2, 0.25) is 0 Å². The molecule has 19 heavy (non-hydrogen) atoms. The predicted molar refractivity (Wildman–Crippen MR) is 71.6 cm³/mol. The molecule has 0 bridgehead atoms. The summed E-state index contributed by atoms with van der Waals surface area (Å²) in [5.41, 5.74) is 0.860. The van der Waals surface area contributed by atoms with Gasteiger partial charge in [0, 0.05) is 22.5 Å². The first-order valence-electron chi connectivity index (χ1n) is 5.42. The third-order valence-corrected chi connectivity index (χ3v) is 3.10. The van der Waals surface area contributed by atoms with E-state index in [2.05, 4.69) is 15.9 Å². The second kappa shape index (κ2) is 6.61. The number of carbonyl (C=O) groups excluding carboxylic acids is 1. The Balaban J connectivity index is 3.02. The van der Waals surface area contributed by atoms with E-state index in [1.54, 1.807) is 19.1 Å². The summed E-state index contributed by atoms with van der Waals surface area (Å²) in [4.78, 5) is 12.8. The van der Waals surface area contributed by atoms with Gasteiger partial charge in [-0.2, -0.15) is 13.2 Å². The van der Waals surface area contributed by atoms with E-state index in [4.69, 9.17) is 11.6 Å². The van der Waals surface area contributed by atoms with Gasteiger partial charge in [-0.15, -0.1) is 11.6 Å². The minimum Gasteiger partial charge on any atom is -0.328 e. The number of hydrogen-bond acceptors (Lipinski definition) is 1. The van der Waals surface area contributed by atoms with Crippen LogP contribution < -0.4 is 0 Å². The molecule has 1 aromatic rings. The minimum atomic E-state index is -4.44. The van der Waals surface area contributed by atoms with Gasteiger partial charge in [-0.25, -0.2) is 0 Å². The van der Waals surface area contributed by atoms with Gasteiger partial charge in [-0.3, -0.25) is 4.79 Å². The zero-order valence-corrected chi connectivity index (χ0v) is 12.4. The normalized spacial score (nSPS) is 11.5. The number of benzene rings is 1. The van der Waals surface area contributed by atoms with Gasteiger partial charge in [0.1, 0.15) is 6.54 Å². The lowest BCUT2D eigenvalue weighted by atomic mass is 10.1. The molecule has 0 saturated carbocycles. The zero-order chi connectivity index (χ0) is 14.6. The first-order valence-corrected chi connectivity index (χ1v) is 6.75. The molecule has 1 rings (SSSR count). The van der Waals surface area contributed by atoms with Crippen LogP contribution in [0.4, 0.5) is 13.2 Å². The average molecular weight is 359 g/mol. The number of aryl methyl sites for hydroxylation is 1. The maximum absolute atomic E-state index is 12.4. The number of alkyl halides is 4. The number of rotatable bonds is 4. The van der Waals surface area contributed by atoms with Crippen molar-refractivity contribution in [2.45, 2.75) is 13.1 Å². The molecule has 0 saturated heterocycles. The highest BCUT2D eigenvalue weighted by molar-refractivity contribution is 9.10. The van der Waals surface area contributed by atoms with Crippen molar-refractivity contribution in [3.8, 4) is 0 Å². The van der Waals surface area contributed by atoms with Crippen molar-refractivity contribution in [2.75, 3.05) is 19.0 Å². The Morgan fingerprint density at radius 3 is 2.58 bits per heavy atom. The SMILES string of the molecule is Cc1ccc(Br)cc1C(=O)N(CCCl)CC(F)(F)F. The molecule has 0 heterocycles. The Morgan fingerprint density at radius 1 is 1.42 bits per heavy atom. The minimum absolute atomic E-state index is 0.0468. The summed E-state index contributed by atoms with van der Waals surface area (Å²) >= 11 is 8.65. The summed E-state index contributed by atoms with van der Waals surface area (Å²) < 4.78 is 38.0. The molecule has 2 nitrogen and oxygen atoms in total. The van der Waals surface area contributed by atoms with E-state index >= 15 is 0 Å². The standard InChI is InChI=1S/C12H12BrClF3NO/c1-8-2-3-9(13)6-10(8)11(19)18(5-4-14)7-12(15,16)17/h2-3,6H,4-5,7H2,1H3. The van der Waals surface area contributed by atoms with Crippen molar-refractivity contribution in [1.82, 2.24) is 4.90 Å². The summed E-state index contributed by atoms with van der Waals surface area (Å²) in [5.74, 6) is -0.716. The second-order valence-corrected chi connectivity index (χ2v) is 5.28. The number of amides is 1. The molecular weight excluding hydrogens is 346 g/mol. The van der Waals surface area contributed by atoms with E-state index in [1.807, 2.05) is 0 Å². The van der Waals surface area contributed by atoms with Crippen molar-refractivity contribution < 1.29 is 18.0 Å². The number of hydrogen-bond donors (Lipinski definition) is 0. The van der Waals surface area contributed by atoms with E-state index in [0.717, 1.165) is 0 Å². The van der Waals surface area contributed by atoms with Crippen LogP contribution in [0.25, 0.3) is 0 Å². The molecule has 0 unspecified atom stereocenters. The predicted octanol–water partition coefficient (Wildman–Crippen LogP) is 4.00. The third kappa shape index (κ3) is 5.03. The Kier molecular flexibility index (Phi) is 5.67. The summed E-state index contributed by atoms with van der Waals surface area (Å²) in [5, 5.41) is 0. The Morgan fingerprint density at radius 2 is 2.05 bits per heavy atom. The second-order valence-electron chi connectivity index (χ2n) is 3.99. The smallest absolute Gasteiger partial charge is 0.328 e. The molecule has 0 aliphatic carbocycles. The molecular formula is C12H12BrClF3NO. The highest BCUT2D eigenvalue weighted by Crippen LogP contribution is 2.21. The van der Waals surface area contributed by atoms with Crippen LogP contribution >= 0.6 is 27.5 Å². The zero-order valence-electron chi connectivity index (χ0n) is 10.1. The molecule has 106 valence electrons. The van der Waals surface area contributed by atoms with E-state index in [9.17, 15) is 18.0 Å². The van der Waals surface area contributed by atoms with E-state index in [0.29, 0.717) is 14.9 Å². The molecule has 0 spiro atoms. The van der Waals surface area contributed by atoms with Crippen LogP contribution in [0.1, 0.15) is 15.9 Å². The first kappa shape index (κ1) is 16.3. The van der Waals surface area contributed by atoms with Gasteiger partial charge in [0.15, 0.2) is 0 Å². The molecule has 0 atom stereocenters. The number of halogens is 5. The van der Waals surface area contributed by atoms with Crippen molar-refractivity contribution >= 4 is 33.4 Å². The first-order chi connectivity index (χ1) is 8.74. The number of nitrogens with zero attached hydrogens (tertiary/aromatic N) is 1. The molecule has 7 heteroatoms. The van der Waals surface area contributed by atoms with E-state index in [-0.39, 0.29) is 18.0 Å². The van der Waals surface area contributed by atoms with E-state index < -0.39 is 18.6 Å². The molecule has 1 amide bonds. The van der Waals surface area contributed by atoms with Crippen LogP contribution in [-0.2, 0) is 0 Å². The average Bonchev–Trinajstić information content (AvgIpc) is 2.29. The Hall–Kier alpha value is -0.750. The molecule has 0 N–H and O–H groups in total. The highest BCUT2D eigenvalue weighted by atomic mass is 79.9. The van der Waals surface area contributed by atoms with Gasteiger partial charge in [0.2, 0.25) is 0 Å². The molecule has 0 aromatic heterocycles. The lowest BCUT2D eigenvalue weighted by molar-refractivity contribution is -0.140. The van der Waals surface area contributed by atoms with Crippen LogP contribution in [0.5, 0.6) is 0 Å². The maximum atomic E-state index is 12.4. The third-order valence-electron chi connectivity index (χ3n) is 2.44. The van der Waals surface area contributed by atoms with Crippen molar-refractivity contribution in [3.05, 3.63) is 33.8 Å². The molecule has 0 aliphatic heterocycles. The largest absolute Gasteiger partial charge is 0.406 e. The van der Waals surface area contributed by atoms with Crippen LogP contribution in [0.15, 0.2) is 22.7 Å². The van der Waals surface area contributed by atoms with Gasteiger partial charge in [0.05, 0.1) is 0 Å². The van der Waals surface area contributed by atoms with Gasteiger partial charge < -0.3 is 4.90 Å². The highest BCUT2D eigenvalue weighted by Gasteiger charge is 2.33. The fourth-order valence-electron chi connectivity index (χ4n) is 1.57. The monoisotopic (exact) mass is 357 g/mol. The fraction of sp³-hybridized carbons (Fsp3) is 0.417. The molecule has 0 aliphatic rings. The van der Waals surface area contributed by atoms with E-state index in [1.165, 1.54) is 6.07 Å². The lowest BCUT2D eigenvalue weighted by Gasteiger charge is -2.23. The summed E-state index contributed by atoms with van der Waals surface area (Å²) in [6.45, 7) is 0.225. The van der Waals surface area contributed by atoms with Gasteiger partial charge >= 0.3 is 6.18 Å². The summed E-state index contributed by atoms with van der Waals surface area (Å²) in [6.07, 6.45) is -4.44.